The monoisotopic (exact) mass is 369 g/mol. The summed E-state index contributed by atoms with van der Waals surface area (Å²) in [5.74, 6) is 1.65. The molecule has 2 N–H and O–H groups in total. The lowest BCUT2D eigenvalue weighted by Crippen LogP contribution is -2.27. The first-order chi connectivity index (χ1) is 13.5. The van der Waals surface area contributed by atoms with Crippen molar-refractivity contribution < 1.29 is 9.47 Å². The van der Waals surface area contributed by atoms with Crippen molar-refractivity contribution in [1.82, 2.24) is 4.98 Å². The zero-order chi connectivity index (χ0) is 19.5. The van der Waals surface area contributed by atoms with Crippen LogP contribution in [-0.4, -0.2) is 11.8 Å². The number of pyridine rings is 1. The number of hydrogen-bond donors (Lipinski definition) is 1. The number of aromatic nitrogens is 1. The van der Waals surface area contributed by atoms with E-state index in [4.69, 9.17) is 15.2 Å². The molecular weight excluding hydrogens is 350 g/mol. The summed E-state index contributed by atoms with van der Waals surface area (Å²) in [6.45, 7) is 4.65. The number of rotatable bonds is 1. The van der Waals surface area contributed by atoms with Crippen LogP contribution in [0.5, 0.6) is 11.5 Å². The van der Waals surface area contributed by atoms with Crippen LogP contribution in [0.25, 0.3) is 22.4 Å². The molecule has 0 saturated heterocycles. The van der Waals surface area contributed by atoms with Crippen LogP contribution in [0.15, 0.2) is 42.5 Å². The molecule has 0 atom stereocenters. The van der Waals surface area contributed by atoms with E-state index in [0.717, 1.165) is 34.4 Å². The molecule has 138 valence electrons. The van der Waals surface area contributed by atoms with Gasteiger partial charge in [-0.3, -0.25) is 0 Å². The Hall–Kier alpha value is -3.52. The van der Waals surface area contributed by atoms with Crippen LogP contribution in [0, 0.1) is 11.3 Å². The predicted octanol–water partition coefficient (Wildman–Crippen LogP) is 4.43. The van der Waals surface area contributed by atoms with Gasteiger partial charge >= 0.3 is 0 Å². The fourth-order valence-corrected chi connectivity index (χ4v) is 4.34. The van der Waals surface area contributed by atoms with Crippen molar-refractivity contribution in [2.75, 3.05) is 12.5 Å². The summed E-state index contributed by atoms with van der Waals surface area (Å²) in [5.41, 5.74) is 12.5. The van der Waals surface area contributed by atoms with Crippen molar-refractivity contribution in [3.05, 3.63) is 59.2 Å². The Morgan fingerprint density at radius 1 is 1.11 bits per heavy atom. The molecule has 1 aromatic heterocycles. The smallest absolute Gasteiger partial charge is 0.231 e. The van der Waals surface area contributed by atoms with Gasteiger partial charge in [0.25, 0.3) is 0 Å². The van der Waals surface area contributed by atoms with Crippen molar-refractivity contribution in [2.24, 2.45) is 0 Å². The van der Waals surface area contributed by atoms with E-state index >= 15 is 0 Å². The number of nitrogens with two attached hydrogens (primary N) is 1. The summed E-state index contributed by atoms with van der Waals surface area (Å²) in [4.78, 5) is 4.65. The molecule has 2 aliphatic rings. The van der Waals surface area contributed by atoms with Gasteiger partial charge in [0, 0.05) is 11.1 Å². The van der Waals surface area contributed by atoms with Crippen molar-refractivity contribution in [1.29, 1.82) is 5.26 Å². The van der Waals surface area contributed by atoms with E-state index < -0.39 is 0 Å². The molecule has 1 aliphatic heterocycles. The highest BCUT2D eigenvalue weighted by atomic mass is 16.7. The van der Waals surface area contributed by atoms with Gasteiger partial charge in [-0.1, -0.05) is 44.2 Å². The largest absolute Gasteiger partial charge is 0.454 e. The van der Waals surface area contributed by atoms with E-state index in [1.807, 2.05) is 24.3 Å². The zero-order valence-corrected chi connectivity index (χ0v) is 15.7. The fraction of sp³-hybridized carbons (Fsp3) is 0.217. The maximum absolute atomic E-state index is 9.86. The second-order valence-electron chi connectivity index (χ2n) is 7.86. The maximum Gasteiger partial charge on any atom is 0.231 e. The van der Waals surface area contributed by atoms with Gasteiger partial charge in [0.1, 0.15) is 17.5 Å². The first-order valence-corrected chi connectivity index (χ1v) is 9.22. The Balaban J connectivity index is 1.85. The van der Waals surface area contributed by atoms with Crippen molar-refractivity contribution in [3.63, 3.8) is 0 Å². The third kappa shape index (κ3) is 2.28. The topological polar surface area (TPSA) is 81.2 Å². The van der Waals surface area contributed by atoms with Crippen molar-refractivity contribution in [3.8, 4) is 40.0 Å². The van der Waals surface area contributed by atoms with E-state index in [9.17, 15) is 5.26 Å². The molecule has 0 amide bonds. The van der Waals surface area contributed by atoms with Gasteiger partial charge in [-0.2, -0.15) is 5.26 Å². The lowest BCUT2D eigenvalue weighted by atomic mass is 9.69. The van der Waals surface area contributed by atoms with Gasteiger partial charge in [0.05, 0.1) is 5.69 Å². The van der Waals surface area contributed by atoms with E-state index in [1.54, 1.807) is 0 Å². The molecule has 28 heavy (non-hydrogen) atoms. The van der Waals surface area contributed by atoms with E-state index in [0.29, 0.717) is 17.1 Å². The number of fused-ring (bicyclic) bond motifs is 4. The number of benzene rings is 2. The zero-order valence-electron chi connectivity index (χ0n) is 15.7. The summed E-state index contributed by atoms with van der Waals surface area (Å²) in [6, 6.07) is 16.3. The van der Waals surface area contributed by atoms with Crippen molar-refractivity contribution in [2.45, 2.75) is 25.7 Å². The van der Waals surface area contributed by atoms with Gasteiger partial charge in [0.15, 0.2) is 11.5 Å². The van der Waals surface area contributed by atoms with Gasteiger partial charge in [0.2, 0.25) is 6.79 Å². The normalized spacial score (nSPS) is 15.5. The molecule has 5 heteroatoms. The molecule has 5 rings (SSSR count). The van der Waals surface area contributed by atoms with E-state index in [-0.39, 0.29) is 18.0 Å². The number of nitrogens with zero attached hydrogens (tertiary/aromatic N) is 2. The molecule has 0 saturated carbocycles. The average molecular weight is 369 g/mol. The summed E-state index contributed by atoms with van der Waals surface area (Å²) in [7, 11) is 0. The summed E-state index contributed by atoms with van der Waals surface area (Å²) in [5, 5.41) is 9.86. The number of hydrogen-bond acceptors (Lipinski definition) is 5. The molecule has 2 heterocycles. The molecule has 0 unspecified atom stereocenters. The average Bonchev–Trinajstić information content (AvgIpc) is 3.15. The maximum atomic E-state index is 9.86. The van der Waals surface area contributed by atoms with Crippen LogP contribution in [0.4, 0.5) is 5.82 Å². The third-order valence-corrected chi connectivity index (χ3v) is 5.63. The quantitative estimate of drug-likeness (QED) is 0.686. The number of anilines is 1. The highest BCUT2D eigenvalue weighted by Crippen LogP contribution is 2.48. The van der Waals surface area contributed by atoms with E-state index in [1.165, 1.54) is 5.56 Å². The second kappa shape index (κ2) is 5.74. The first-order valence-electron chi connectivity index (χ1n) is 9.22. The van der Waals surface area contributed by atoms with Gasteiger partial charge < -0.3 is 15.2 Å². The Morgan fingerprint density at radius 3 is 2.71 bits per heavy atom. The highest BCUT2D eigenvalue weighted by molar-refractivity contribution is 5.87. The summed E-state index contributed by atoms with van der Waals surface area (Å²) >= 11 is 0. The minimum absolute atomic E-state index is 0.0841. The van der Waals surface area contributed by atoms with Gasteiger partial charge in [-0.25, -0.2) is 4.98 Å². The number of nitriles is 1. The lowest BCUT2D eigenvalue weighted by molar-refractivity contribution is 0.174. The standard InChI is InChI=1S/C23H19N3O2/c1-23(2)10-15-20(13-7-8-18-19(9-13)28-12-27-18)16(11-24)22(25)26-21(15)14-5-3-4-6-17(14)23/h3-9H,10,12H2,1-2H3,(H2,25,26). The molecule has 5 nitrogen and oxygen atoms in total. The molecule has 0 radical (unpaired) electrons. The SMILES string of the molecule is CC1(C)Cc2c(nc(N)c(C#N)c2-c2ccc3c(c2)OCO3)-c2ccccc21. The van der Waals surface area contributed by atoms with Crippen LogP contribution < -0.4 is 15.2 Å². The van der Waals surface area contributed by atoms with Gasteiger partial charge in [-0.05, 0) is 40.7 Å². The summed E-state index contributed by atoms with van der Waals surface area (Å²) < 4.78 is 11.0. The molecule has 0 spiro atoms. The summed E-state index contributed by atoms with van der Waals surface area (Å²) in [6.07, 6.45) is 0.769. The Bertz CT molecular complexity index is 1180. The van der Waals surface area contributed by atoms with E-state index in [2.05, 4.69) is 43.1 Å². The Morgan fingerprint density at radius 2 is 1.89 bits per heavy atom. The van der Waals surface area contributed by atoms with Crippen LogP contribution in [0.2, 0.25) is 0 Å². The third-order valence-electron chi connectivity index (χ3n) is 5.63. The number of nitrogen functional groups attached to an aromatic ring is 1. The molecule has 2 aromatic carbocycles. The van der Waals surface area contributed by atoms with Crippen LogP contribution in [0.3, 0.4) is 0 Å². The molecule has 0 bridgehead atoms. The first kappa shape index (κ1) is 16.6. The number of ether oxygens (including phenoxy) is 2. The highest BCUT2D eigenvalue weighted by Gasteiger charge is 2.35. The van der Waals surface area contributed by atoms with Crippen LogP contribution in [0.1, 0.15) is 30.5 Å². The minimum Gasteiger partial charge on any atom is -0.454 e. The second-order valence-corrected chi connectivity index (χ2v) is 7.86. The molecule has 3 aromatic rings. The van der Waals surface area contributed by atoms with Gasteiger partial charge in [-0.15, -0.1) is 0 Å². The molecule has 1 aliphatic carbocycles. The van der Waals surface area contributed by atoms with Crippen molar-refractivity contribution >= 4 is 5.82 Å². The van der Waals surface area contributed by atoms with Crippen LogP contribution >= 0.6 is 0 Å². The Labute approximate surface area is 163 Å². The lowest BCUT2D eigenvalue weighted by Gasteiger charge is -2.35. The molecule has 0 fully saturated rings. The minimum atomic E-state index is -0.0841. The molecular formula is C23H19N3O2. The predicted molar refractivity (Wildman–Crippen MR) is 107 cm³/mol. The van der Waals surface area contributed by atoms with Crippen LogP contribution in [-0.2, 0) is 11.8 Å². The Kier molecular flexibility index (Phi) is 3.41. The fourth-order valence-electron chi connectivity index (χ4n) is 4.34.